The van der Waals surface area contributed by atoms with Gasteiger partial charge < -0.3 is 9.53 Å². The second kappa shape index (κ2) is 6.78. The van der Waals surface area contributed by atoms with E-state index in [1.807, 2.05) is 0 Å². The van der Waals surface area contributed by atoms with E-state index in [4.69, 9.17) is 0 Å². The molecule has 0 atom stereocenters. The summed E-state index contributed by atoms with van der Waals surface area (Å²) in [6, 6.07) is 4.47. The summed E-state index contributed by atoms with van der Waals surface area (Å²) in [5.41, 5.74) is 0.769. The minimum Gasteiger partial charge on any atom is -0.465 e. The van der Waals surface area contributed by atoms with Crippen LogP contribution in [-0.2, 0) is 16.0 Å². The van der Waals surface area contributed by atoms with Crippen molar-refractivity contribution in [3.63, 3.8) is 0 Å². The van der Waals surface area contributed by atoms with E-state index in [0.29, 0.717) is 12.8 Å². The fraction of sp³-hybridized carbons (Fsp3) is 0.385. The van der Waals surface area contributed by atoms with Gasteiger partial charge in [-0.2, -0.15) is 0 Å². The quantitative estimate of drug-likeness (QED) is 0.434. The minimum atomic E-state index is -0.671. The zero-order valence-electron chi connectivity index (χ0n) is 9.74. The first-order valence-electron chi connectivity index (χ1n) is 5.49. The van der Waals surface area contributed by atoms with Gasteiger partial charge in [-0.3, -0.25) is 0 Å². The summed E-state index contributed by atoms with van der Waals surface area (Å²) < 4.78 is 18.0. The van der Waals surface area contributed by atoms with Crippen molar-refractivity contribution in [3.05, 3.63) is 35.1 Å². The van der Waals surface area contributed by atoms with E-state index in [9.17, 15) is 14.0 Å². The Balaban J connectivity index is 2.62. The highest BCUT2D eigenvalue weighted by Crippen LogP contribution is 2.13. The molecule has 92 valence electrons. The van der Waals surface area contributed by atoms with Gasteiger partial charge in [0.05, 0.1) is 12.7 Å². The fourth-order valence-corrected chi connectivity index (χ4v) is 1.55. The molecule has 0 amide bonds. The third-order valence-corrected chi connectivity index (χ3v) is 2.48. The molecule has 0 bridgehead atoms. The lowest BCUT2D eigenvalue weighted by Crippen LogP contribution is -2.04. The molecule has 0 radical (unpaired) electrons. The molecule has 1 rings (SSSR count). The van der Waals surface area contributed by atoms with Gasteiger partial charge in [0.25, 0.3) is 0 Å². The lowest BCUT2D eigenvalue weighted by Gasteiger charge is -2.04. The third-order valence-electron chi connectivity index (χ3n) is 2.48. The standard InChI is InChI=1S/C13H15FO3/c1-17-13(16)11-7-6-10(9-12(11)14)5-3-2-4-8-15/h6-9H,2-5H2,1H3. The van der Waals surface area contributed by atoms with Crippen LogP contribution in [0.5, 0.6) is 0 Å². The molecule has 0 aliphatic carbocycles. The van der Waals surface area contributed by atoms with Gasteiger partial charge in [-0.1, -0.05) is 6.07 Å². The summed E-state index contributed by atoms with van der Waals surface area (Å²) in [4.78, 5) is 21.3. The number of carbonyl (C=O) groups excluding carboxylic acids is 2. The molecule has 0 fully saturated rings. The van der Waals surface area contributed by atoms with Crippen LogP contribution in [0.25, 0.3) is 0 Å². The molecule has 0 aromatic heterocycles. The Morgan fingerprint density at radius 3 is 2.76 bits per heavy atom. The predicted octanol–water partition coefficient (Wildman–Crippen LogP) is 2.52. The van der Waals surface area contributed by atoms with Crippen molar-refractivity contribution < 1.29 is 18.7 Å². The Bertz CT molecular complexity index is 402. The number of ether oxygens (including phenoxy) is 1. The number of carbonyl (C=O) groups is 2. The lowest BCUT2D eigenvalue weighted by atomic mass is 10.0. The number of benzene rings is 1. The molecule has 0 aliphatic rings. The zero-order chi connectivity index (χ0) is 12.7. The number of esters is 1. The molecule has 0 saturated carbocycles. The average molecular weight is 238 g/mol. The van der Waals surface area contributed by atoms with E-state index >= 15 is 0 Å². The van der Waals surface area contributed by atoms with Crippen LogP contribution < -0.4 is 0 Å². The Kier molecular flexibility index (Phi) is 5.33. The van der Waals surface area contributed by atoms with Crippen LogP contribution in [0.3, 0.4) is 0 Å². The average Bonchev–Trinajstić information content (AvgIpc) is 2.34. The molecule has 0 spiro atoms. The van der Waals surface area contributed by atoms with E-state index in [1.54, 1.807) is 6.07 Å². The summed E-state index contributed by atoms with van der Waals surface area (Å²) in [5.74, 6) is -1.24. The number of hydrogen-bond acceptors (Lipinski definition) is 3. The largest absolute Gasteiger partial charge is 0.465 e. The van der Waals surface area contributed by atoms with E-state index in [-0.39, 0.29) is 5.56 Å². The van der Waals surface area contributed by atoms with Crippen molar-refractivity contribution in [1.82, 2.24) is 0 Å². The Morgan fingerprint density at radius 1 is 1.41 bits per heavy atom. The van der Waals surface area contributed by atoms with Crippen molar-refractivity contribution in [2.75, 3.05) is 7.11 Å². The molecular weight excluding hydrogens is 223 g/mol. The van der Waals surface area contributed by atoms with Gasteiger partial charge >= 0.3 is 5.97 Å². The summed E-state index contributed by atoms with van der Waals surface area (Å²) in [6.07, 6.45) is 3.73. The second-order valence-electron chi connectivity index (χ2n) is 3.72. The van der Waals surface area contributed by atoms with Crippen LogP contribution in [0.15, 0.2) is 18.2 Å². The number of unbranched alkanes of at least 4 members (excludes halogenated alkanes) is 2. The van der Waals surface area contributed by atoms with E-state index in [2.05, 4.69) is 4.74 Å². The van der Waals surface area contributed by atoms with Gasteiger partial charge in [-0.15, -0.1) is 0 Å². The smallest absolute Gasteiger partial charge is 0.340 e. The molecule has 0 heterocycles. The van der Waals surface area contributed by atoms with Crippen LogP contribution in [0.2, 0.25) is 0 Å². The van der Waals surface area contributed by atoms with Crippen molar-refractivity contribution in [2.24, 2.45) is 0 Å². The summed E-state index contributed by atoms with van der Waals surface area (Å²) in [6.45, 7) is 0. The minimum absolute atomic E-state index is 0.0517. The van der Waals surface area contributed by atoms with Crippen molar-refractivity contribution in [1.29, 1.82) is 0 Å². The molecule has 0 unspecified atom stereocenters. The highest BCUT2D eigenvalue weighted by atomic mass is 19.1. The number of aryl methyl sites for hydroxylation is 1. The fourth-order valence-electron chi connectivity index (χ4n) is 1.55. The maximum Gasteiger partial charge on any atom is 0.340 e. The first-order valence-corrected chi connectivity index (χ1v) is 5.49. The SMILES string of the molecule is COC(=O)c1ccc(CCCCC=O)cc1F. The van der Waals surface area contributed by atoms with Crippen LogP contribution in [-0.4, -0.2) is 19.4 Å². The van der Waals surface area contributed by atoms with Crippen LogP contribution in [0.1, 0.15) is 35.2 Å². The van der Waals surface area contributed by atoms with Gasteiger partial charge in [-0.05, 0) is 37.0 Å². The number of methoxy groups -OCH3 is 1. The number of rotatable bonds is 6. The summed E-state index contributed by atoms with van der Waals surface area (Å²) in [7, 11) is 1.22. The van der Waals surface area contributed by atoms with Gasteiger partial charge in [0, 0.05) is 6.42 Å². The molecule has 17 heavy (non-hydrogen) atoms. The molecule has 1 aromatic carbocycles. The molecule has 0 saturated heterocycles. The molecule has 3 nitrogen and oxygen atoms in total. The number of aldehydes is 1. The van der Waals surface area contributed by atoms with Crippen LogP contribution in [0, 0.1) is 5.82 Å². The molecule has 1 aromatic rings. The first-order chi connectivity index (χ1) is 8.19. The number of halogens is 1. The molecule has 0 aliphatic heterocycles. The Hall–Kier alpha value is -1.71. The Morgan fingerprint density at radius 2 is 2.18 bits per heavy atom. The van der Waals surface area contributed by atoms with Crippen LogP contribution in [0.4, 0.5) is 4.39 Å². The number of hydrogen-bond donors (Lipinski definition) is 0. The zero-order valence-corrected chi connectivity index (χ0v) is 9.74. The van der Waals surface area contributed by atoms with Gasteiger partial charge in [0.1, 0.15) is 12.1 Å². The maximum absolute atomic E-state index is 13.5. The van der Waals surface area contributed by atoms with Gasteiger partial charge in [0.15, 0.2) is 0 Å². The summed E-state index contributed by atoms with van der Waals surface area (Å²) in [5, 5.41) is 0. The second-order valence-corrected chi connectivity index (χ2v) is 3.72. The van der Waals surface area contributed by atoms with E-state index in [0.717, 1.165) is 24.7 Å². The monoisotopic (exact) mass is 238 g/mol. The highest BCUT2D eigenvalue weighted by Gasteiger charge is 2.11. The first kappa shape index (κ1) is 13.4. The molecule has 4 heteroatoms. The van der Waals surface area contributed by atoms with Crippen molar-refractivity contribution >= 4 is 12.3 Å². The van der Waals surface area contributed by atoms with E-state index in [1.165, 1.54) is 19.2 Å². The van der Waals surface area contributed by atoms with Crippen molar-refractivity contribution in [2.45, 2.75) is 25.7 Å². The normalized spacial score (nSPS) is 10.0. The summed E-state index contributed by atoms with van der Waals surface area (Å²) >= 11 is 0. The van der Waals surface area contributed by atoms with Crippen molar-refractivity contribution in [3.8, 4) is 0 Å². The molecular formula is C13H15FO3. The highest BCUT2D eigenvalue weighted by molar-refractivity contribution is 5.89. The molecule has 0 N–H and O–H groups in total. The van der Waals surface area contributed by atoms with Crippen LogP contribution >= 0.6 is 0 Å². The lowest BCUT2D eigenvalue weighted by molar-refractivity contribution is -0.107. The third kappa shape index (κ3) is 3.98. The predicted molar refractivity (Wildman–Crippen MR) is 61.4 cm³/mol. The maximum atomic E-state index is 13.5. The Labute approximate surface area is 99.6 Å². The van der Waals surface area contributed by atoms with Gasteiger partial charge in [-0.25, -0.2) is 9.18 Å². The topological polar surface area (TPSA) is 43.4 Å². The van der Waals surface area contributed by atoms with Gasteiger partial charge in [0.2, 0.25) is 0 Å². The van der Waals surface area contributed by atoms with E-state index < -0.39 is 11.8 Å².